The second kappa shape index (κ2) is 7.20. The number of aryl methyl sites for hydroxylation is 1. The minimum atomic E-state index is 0.423. The van der Waals surface area contributed by atoms with Crippen molar-refractivity contribution in [3.05, 3.63) is 41.6 Å². The van der Waals surface area contributed by atoms with E-state index in [9.17, 15) is 0 Å². The van der Waals surface area contributed by atoms with Gasteiger partial charge in [-0.3, -0.25) is 0 Å². The monoisotopic (exact) mass is 407 g/mol. The van der Waals surface area contributed by atoms with Gasteiger partial charge in [-0.15, -0.1) is 11.3 Å². The highest BCUT2D eigenvalue weighted by atomic mass is 79.9. The Morgan fingerprint density at radius 1 is 1.39 bits per heavy atom. The van der Waals surface area contributed by atoms with Crippen LogP contribution in [-0.4, -0.2) is 6.54 Å². The smallest absolute Gasteiger partial charge is 0.0758 e. The van der Waals surface area contributed by atoms with Crippen LogP contribution in [0, 0.1) is 0 Å². The molecule has 0 spiro atoms. The Morgan fingerprint density at radius 3 is 2.78 bits per heavy atom. The summed E-state index contributed by atoms with van der Waals surface area (Å²) in [5, 5.41) is 7.96. The summed E-state index contributed by atoms with van der Waals surface area (Å²) in [4.78, 5) is 0. The van der Waals surface area contributed by atoms with Gasteiger partial charge >= 0.3 is 0 Å². The molecule has 0 saturated heterocycles. The number of nitrogens with one attached hydrogen (secondary N) is 1. The molecule has 2 aromatic heterocycles. The van der Waals surface area contributed by atoms with Gasteiger partial charge in [0.2, 0.25) is 0 Å². The van der Waals surface area contributed by atoms with Crippen molar-refractivity contribution < 1.29 is 0 Å². The van der Waals surface area contributed by atoms with Gasteiger partial charge in [0.05, 0.1) is 7.57 Å². The molecule has 1 N–H and O–H groups in total. The minimum Gasteiger partial charge on any atom is -0.310 e. The zero-order chi connectivity index (χ0) is 13.0. The van der Waals surface area contributed by atoms with Crippen LogP contribution in [0.15, 0.2) is 30.5 Å². The van der Waals surface area contributed by atoms with Gasteiger partial charge in [-0.25, -0.2) is 0 Å². The van der Waals surface area contributed by atoms with Crippen LogP contribution in [0.2, 0.25) is 0 Å². The van der Waals surface area contributed by atoms with E-state index in [0.717, 1.165) is 19.4 Å². The number of hydrogen-bond acceptors (Lipinski definition) is 3. The molecule has 18 heavy (non-hydrogen) atoms. The molecule has 0 aliphatic rings. The molecule has 0 aliphatic carbocycles. The molecular weight excluding hydrogens is 394 g/mol. The van der Waals surface area contributed by atoms with Gasteiger partial charge in [0.15, 0.2) is 0 Å². The van der Waals surface area contributed by atoms with E-state index in [1.54, 1.807) is 22.7 Å². The average molecular weight is 409 g/mol. The first kappa shape index (κ1) is 14.7. The molecule has 0 saturated carbocycles. The summed E-state index contributed by atoms with van der Waals surface area (Å²) >= 11 is 10.7. The molecule has 5 heteroatoms. The Bertz CT molecular complexity index is 479. The molecular formula is C13H15Br2NS2. The number of hydrogen-bond donors (Lipinski definition) is 1. The fourth-order valence-electron chi connectivity index (χ4n) is 1.95. The van der Waals surface area contributed by atoms with Gasteiger partial charge in [-0.05, 0) is 85.3 Å². The lowest BCUT2D eigenvalue weighted by Gasteiger charge is -2.17. The van der Waals surface area contributed by atoms with Crippen molar-refractivity contribution in [2.45, 2.75) is 25.8 Å². The second-order valence-corrected chi connectivity index (χ2v) is 8.59. The molecule has 0 amide bonds. The van der Waals surface area contributed by atoms with Gasteiger partial charge in [-0.2, -0.15) is 11.3 Å². The number of halogens is 2. The molecule has 98 valence electrons. The second-order valence-electron chi connectivity index (χ2n) is 4.06. The van der Waals surface area contributed by atoms with Gasteiger partial charge < -0.3 is 5.32 Å². The standard InChI is InChI=1S/C13H15Br2NS2/c1-2-16-11(4-3-9-5-6-17-8-9)10-7-12(14)18-13(10)15/h5-8,11,16H,2-4H2,1H3. The van der Waals surface area contributed by atoms with E-state index in [1.807, 2.05) is 0 Å². The summed E-state index contributed by atoms with van der Waals surface area (Å²) in [5.41, 5.74) is 2.80. The van der Waals surface area contributed by atoms with Crippen molar-refractivity contribution in [2.24, 2.45) is 0 Å². The first-order valence-corrected chi connectivity index (χ1v) is 9.24. The third kappa shape index (κ3) is 3.90. The topological polar surface area (TPSA) is 12.0 Å². The normalized spacial score (nSPS) is 12.8. The van der Waals surface area contributed by atoms with E-state index < -0.39 is 0 Å². The van der Waals surface area contributed by atoms with E-state index in [4.69, 9.17) is 0 Å². The van der Waals surface area contributed by atoms with E-state index >= 15 is 0 Å². The SMILES string of the molecule is CCNC(CCc1ccsc1)c1cc(Br)sc1Br. The Balaban J connectivity index is 2.05. The van der Waals surface area contributed by atoms with Gasteiger partial charge in [0.1, 0.15) is 0 Å². The van der Waals surface area contributed by atoms with Crippen LogP contribution in [0.5, 0.6) is 0 Å². The molecule has 0 radical (unpaired) electrons. The summed E-state index contributed by atoms with van der Waals surface area (Å²) in [7, 11) is 0. The summed E-state index contributed by atoms with van der Waals surface area (Å²) < 4.78 is 2.41. The maximum atomic E-state index is 3.66. The van der Waals surface area contributed by atoms with Crippen LogP contribution in [0.4, 0.5) is 0 Å². The zero-order valence-electron chi connectivity index (χ0n) is 10.1. The van der Waals surface area contributed by atoms with Crippen LogP contribution >= 0.6 is 54.5 Å². The average Bonchev–Trinajstić information content (AvgIpc) is 2.94. The molecule has 1 nitrogen and oxygen atoms in total. The highest BCUT2D eigenvalue weighted by Crippen LogP contribution is 2.37. The molecule has 0 bridgehead atoms. The molecule has 0 fully saturated rings. The third-order valence-electron chi connectivity index (χ3n) is 2.81. The number of rotatable bonds is 6. The molecule has 1 unspecified atom stereocenters. The lowest BCUT2D eigenvalue weighted by Crippen LogP contribution is -2.21. The zero-order valence-corrected chi connectivity index (χ0v) is 14.9. The van der Waals surface area contributed by atoms with Crippen LogP contribution < -0.4 is 5.32 Å². The first-order chi connectivity index (χ1) is 8.70. The maximum Gasteiger partial charge on any atom is 0.0758 e. The molecule has 2 aromatic rings. The Hall–Kier alpha value is 0.320. The summed E-state index contributed by atoms with van der Waals surface area (Å²) in [6.45, 7) is 3.15. The lowest BCUT2D eigenvalue weighted by atomic mass is 10.0. The molecule has 0 aliphatic heterocycles. The highest BCUT2D eigenvalue weighted by Gasteiger charge is 2.16. The fourth-order valence-corrected chi connectivity index (χ4v) is 5.63. The van der Waals surface area contributed by atoms with Crippen molar-refractivity contribution in [1.82, 2.24) is 5.32 Å². The Morgan fingerprint density at radius 2 is 2.22 bits per heavy atom. The van der Waals surface area contributed by atoms with E-state index in [0.29, 0.717) is 6.04 Å². The highest BCUT2D eigenvalue weighted by molar-refractivity contribution is 9.12. The minimum absolute atomic E-state index is 0.423. The van der Waals surface area contributed by atoms with E-state index in [2.05, 4.69) is 67.0 Å². The summed E-state index contributed by atoms with van der Waals surface area (Å²) in [6.07, 6.45) is 2.26. The largest absolute Gasteiger partial charge is 0.310 e. The van der Waals surface area contributed by atoms with Crippen molar-refractivity contribution in [3.8, 4) is 0 Å². The molecule has 2 heterocycles. The van der Waals surface area contributed by atoms with Crippen LogP contribution in [0.3, 0.4) is 0 Å². The number of thiophene rings is 2. The Labute approximate surface area is 133 Å². The summed E-state index contributed by atoms with van der Waals surface area (Å²) in [6, 6.07) is 4.86. The van der Waals surface area contributed by atoms with Crippen LogP contribution in [0.1, 0.15) is 30.5 Å². The van der Waals surface area contributed by atoms with Crippen molar-refractivity contribution in [3.63, 3.8) is 0 Å². The van der Waals surface area contributed by atoms with E-state index in [-0.39, 0.29) is 0 Å². The Kier molecular flexibility index (Phi) is 5.89. The first-order valence-electron chi connectivity index (χ1n) is 5.90. The summed E-state index contributed by atoms with van der Waals surface area (Å²) in [5.74, 6) is 0. The third-order valence-corrected chi connectivity index (χ3v) is 5.93. The van der Waals surface area contributed by atoms with Crippen LogP contribution in [0.25, 0.3) is 0 Å². The van der Waals surface area contributed by atoms with Crippen molar-refractivity contribution in [1.29, 1.82) is 0 Å². The van der Waals surface area contributed by atoms with Gasteiger partial charge in [0.25, 0.3) is 0 Å². The molecule has 2 rings (SSSR count). The van der Waals surface area contributed by atoms with Gasteiger partial charge in [0, 0.05) is 6.04 Å². The maximum absolute atomic E-state index is 3.66. The van der Waals surface area contributed by atoms with Crippen molar-refractivity contribution in [2.75, 3.05) is 6.54 Å². The lowest BCUT2D eigenvalue weighted by molar-refractivity contribution is 0.515. The molecule has 1 atom stereocenters. The van der Waals surface area contributed by atoms with E-state index in [1.165, 1.54) is 18.7 Å². The van der Waals surface area contributed by atoms with Crippen LogP contribution in [-0.2, 0) is 6.42 Å². The predicted octanol–water partition coefficient (Wildman–Crippen LogP) is 5.62. The molecule has 0 aromatic carbocycles. The predicted molar refractivity (Wildman–Crippen MR) is 88.8 cm³/mol. The van der Waals surface area contributed by atoms with Crippen molar-refractivity contribution >= 4 is 54.5 Å². The quantitative estimate of drug-likeness (QED) is 0.654. The fraction of sp³-hybridized carbons (Fsp3) is 0.385. The van der Waals surface area contributed by atoms with Gasteiger partial charge in [-0.1, -0.05) is 6.92 Å².